The van der Waals surface area contributed by atoms with E-state index in [9.17, 15) is 9.59 Å². The van der Waals surface area contributed by atoms with E-state index in [1.165, 1.54) is 11.0 Å². The molecule has 0 aliphatic rings. The maximum atomic E-state index is 12.6. The van der Waals surface area contributed by atoms with Crippen molar-refractivity contribution in [2.75, 3.05) is 27.8 Å². The fourth-order valence-corrected chi connectivity index (χ4v) is 2.94. The molecule has 1 unspecified atom stereocenters. The number of aryl methyl sites for hydroxylation is 1. The molecule has 2 amide bonds. The number of nitrogens with zero attached hydrogens (tertiary/aromatic N) is 1. The van der Waals surface area contributed by atoms with Crippen LogP contribution in [0.15, 0.2) is 48.5 Å². The molecule has 2 aromatic carbocycles. The van der Waals surface area contributed by atoms with Crippen molar-refractivity contribution >= 4 is 17.9 Å². The van der Waals surface area contributed by atoms with Crippen LogP contribution >= 0.6 is 0 Å². The Morgan fingerprint density at radius 3 is 2.53 bits per heavy atom. The number of methoxy groups -OCH3 is 1. The fourth-order valence-electron chi connectivity index (χ4n) is 2.94. The third-order valence-electron chi connectivity index (χ3n) is 4.67. The molecule has 6 nitrogen and oxygen atoms in total. The number of rotatable bonds is 9. The van der Waals surface area contributed by atoms with Crippen LogP contribution in [0.25, 0.3) is 6.08 Å². The van der Waals surface area contributed by atoms with Crippen molar-refractivity contribution < 1.29 is 19.1 Å². The summed E-state index contributed by atoms with van der Waals surface area (Å²) in [5.41, 5.74) is 2.76. The van der Waals surface area contributed by atoms with Gasteiger partial charge in [-0.2, -0.15) is 0 Å². The van der Waals surface area contributed by atoms with Crippen molar-refractivity contribution in [1.82, 2.24) is 10.2 Å². The van der Waals surface area contributed by atoms with Crippen molar-refractivity contribution in [2.45, 2.75) is 26.3 Å². The quantitative estimate of drug-likeness (QED) is 0.640. The highest BCUT2D eigenvalue weighted by atomic mass is 16.5. The van der Waals surface area contributed by atoms with E-state index in [0.717, 1.165) is 16.7 Å². The van der Waals surface area contributed by atoms with Crippen LogP contribution in [0.5, 0.6) is 11.5 Å². The van der Waals surface area contributed by atoms with Gasteiger partial charge in [-0.25, -0.2) is 0 Å². The average molecular weight is 411 g/mol. The molecule has 0 aromatic heterocycles. The lowest BCUT2D eigenvalue weighted by molar-refractivity contribution is -0.130. The van der Waals surface area contributed by atoms with Gasteiger partial charge in [-0.1, -0.05) is 36.8 Å². The van der Waals surface area contributed by atoms with Crippen molar-refractivity contribution in [3.8, 4) is 11.5 Å². The molecule has 0 aliphatic carbocycles. The molecule has 0 heterocycles. The number of likely N-dealkylation sites (N-methyl/N-ethyl adjacent to an activating group) is 1. The van der Waals surface area contributed by atoms with E-state index < -0.39 is 0 Å². The van der Waals surface area contributed by atoms with E-state index in [2.05, 4.69) is 5.32 Å². The Hall–Kier alpha value is -3.28. The highest BCUT2D eigenvalue weighted by molar-refractivity contribution is 5.92. The normalized spacial score (nSPS) is 11.8. The Bertz CT molecular complexity index is 906. The Labute approximate surface area is 178 Å². The maximum absolute atomic E-state index is 12.6. The van der Waals surface area contributed by atoms with Gasteiger partial charge in [0.25, 0.3) is 5.91 Å². The van der Waals surface area contributed by atoms with Gasteiger partial charge in [0.05, 0.1) is 13.2 Å². The molecule has 0 saturated heterocycles. The van der Waals surface area contributed by atoms with Crippen LogP contribution in [0, 0.1) is 6.92 Å². The molecular weight excluding hydrogens is 380 g/mol. The summed E-state index contributed by atoms with van der Waals surface area (Å²) in [5, 5.41) is 3.01. The molecule has 160 valence electrons. The summed E-state index contributed by atoms with van der Waals surface area (Å²) in [6, 6.07) is 13.0. The van der Waals surface area contributed by atoms with Crippen molar-refractivity contribution in [3.05, 3.63) is 65.2 Å². The largest absolute Gasteiger partial charge is 0.496 e. The molecule has 0 spiro atoms. The fraction of sp³-hybridized carbons (Fsp3) is 0.333. The SMILES string of the molecule is CCC(NC(=O)C=Cc1cc(C)ccc1OC)c1ccccc1OCC(=O)N(C)C. The number of ether oxygens (including phenoxy) is 2. The van der Waals surface area contributed by atoms with E-state index in [-0.39, 0.29) is 24.5 Å². The minimum atomic E-state index is -0.243. The second kappa shape index (κ2) is 11.0. The van der Waals surface area contributed by atoms with Gasteiger partial charge in [0.2, 0.25) is 5.91 Å². The van der Waals surface area contributed by atoms with Gasteiger partial charge in [0, 0.05) is 31.3 Å². The Morgan fingerprint density at radius 1 is 1.13 bits per heavy atom. The van der Waals surface area contributed by atoms with Crippen LogP contribution in [0.3, 0.4) is 0 Å². The van der Waals surface area contributed by atoms with Gasteiger partial charge in [-0.05, 0) is 37.6 Å². The topological polar surface area (TPSA) is 67.9 Å². The van der Waals surface area contributed by atoms with Crippen LogP contribution in [0.4, 0.5) is 0 Å². The molecule has 1 N–H and O–H groups in total. The smallest absolute Gasteiger partial charge is 0.259 e. The van der Waals surface area contributed by atoms with Gasteiger partial charge in [0.15, 0.2) is 6.61 Å². The zero-order valence-electron chi connectivity index (χ0n) is 18.3. The highest BCUT2D eigenvalue weighted by Crippen LogP contribution is 2.27. The summed E-state index contributed by atoms with van der Waals surface area (Å²) in [6.07, 6.45) is 3.92. The van der Waals surface area contributed by atoms with Gasteiger partial charge in [-0.3, -0.25) is 9.59 Å². The lowest BCUT2D eigenvalue weighted by atomic mass is 10.0. The second-order valence-corrected chi connectivity index (χ2v) is 7.16. The summed E-state index contributed by atoms with van der Waals surface area (Å²) in [6.45, 7) is 3.92. The molecule has 2 rings (SSSR count). The molecule has 2 aromatic rings. The van der Waals surface area contributed by atoms with Gasteiger partial charge >= 0.3 is 0 Å². The zero-order chi connectivity index (χ0) is 22.1. The standard InChI is InChI=1S/C24H30N2O4/c1-6-20(19-9-7-8-10-22(19)30-16-24(28)26(3)4)25-23(27)14-12-18-15-17(2)11-13-21(18)29-5/h7-15,20H,6,16H2,1-5H3,(H,25,27). The first kappa shape index (κ1) is 23.0. The number of nitrogens with one attached hydrogen (secondary N) is 1. The molecule has 0 radical (unpaired) electrons. The van der Waals surface area contributed by atoms with Crippen LogP contribution in [-0.2, 0) is 9.59 Å². The molecule has 0 fully saturated rings. The average Bonchev–Trinajstić information content (AvgIpc) is 2.74. The van der Waals surface area contributed by atoms with Gasteiger partial charge < -0.3 is 19.7 Å². The Balaban J connectivity index is 2.13. The van der Waals surface area contributed by atoms with E-state index in [0.29, 0.717) is 17.9 Å². The van der Waals surface area contributed by atoms with Crippen molar-refractivity contribution in [3.63, 3.8) is 0 Å². The Kier molecular flexibility index (Phi) is 8.47. The first-order valence-electron chi connectivity index (χ1n) is 9.90. The van der Waals surface area contributed by atoms with E-state index in [1.807, 2.05) is 50.2 Å². The lowest BCUT2D eigenvalue weighted by Gasteiger charge is -2.20. The molecule has 0 aliphatic heterocycles. The van der Waals surface area contributed by atoms with Gasteiger partial charge in [-0.15, -0.1) is 0 Å². The second-order valence-electron chi connectivity index (χ2n) is 7.16. The molecular formula is C24H30N2O4. The number of carbonyl (C=O) groups is 2. The third kappa shape index (κ3) is 6.37. The van der Waals surface area contributed by atoms with E-state index in [1.54, 1.807) is 33.3 Å². The van der Waals surface area contributed by atoms with Crippen LogP contribution in [0.1, 0.15) is 36.1 Å². The first-order chi connectivity index (χ1) is 14.3. The minimum absolute atomic E-state index is 0.0541. The predicted molar refractivity (Wildman–Crippen MR) is 119 cm³/mol. The van der Waals surface area contributed by atoms with E-state index in [4.69, 9.17) is 9.47 Å². The number of amides is 2. The Morgan fingerprint density at radius 2 is 1.87 bits per heavy atom. The summed E-state index contributed by atoms with van der Waals surface area (Å²) >= 11 is 0. The molecule has 30 heavy (non-hydrogen) atoms. The molecule has 6 heteroatoms. The lowest BCUT2D eigenvalue weighted by Crippen LogP contribution is -2.29. The zero-order valence-corrected chi connectivity index (χ0v) is 18.3. The third-order valence-corrected chi connectivity index (χ3v) is 4.67. The monoisotopic (exact) mass is 410 g/mol. The van der Waals surface area contributed by atoms with Crippen LogP contribution in [0.2, 0.25) is 0 Å². The first-order valence-corrected chi connectivity index (χ1v) is 9.90. The molecule has 0 saturated carbocycles. The minimum Gasteiger partial charge on any atom is -0.496 e. The summed E-state index contributed by atoms with van der Waals surface area (Å²) in [5.74, 6) is 0.951. The number of carbonyl (C=O) groups excluding carboxylic acids is 2. The molecule has 0 bridgehead atoms. The summed E-state index contributed by atoms with van der Waals surface area (Å²) in [7, 11) is 4.97. The maximum Gasteiger partial charge on any atom is 0.259 e. The van der Waals surface area contributed by atoms with E-state index >= 15 is 0 Å². The highest BCUT2D eigenvalue weighted by Gasteiger charge is 2.17. The number of hydrogen-bond acceptors (Lipinski definition) is 4. The van der Waals surface area contributed by atoms with Gasteiger partial charge in [0.1, 0.15) is 11.5 Å². The van der Waals surface area contributed by atoms with Crippen LogP contribution in [-0.4, -0.2) is 44.5 Å². The number of para-hydroxylation sites is 1. The summed E-state index contributed by atoms with van der Waals surface area (Å²) in [4.78, 5) is 25.9. The number of benzene rings is 2. The van der Waals surface area contributed by atoms with Crippen LogP contribution < -0.4 is 14.8 Å². The molecule has 1 atom stereocenters. The van der Waals surface area contributed by atoms with Crippen molar-refractivity contribution in [2.24, 2.45) is 0 Å². The summed E-state index contributed by atoms with van der Waals surface area (Å²) < 4.78 is 11.1. The van der Waals surface area contributed by atoms with Crippen molar-refractivity contribution in [1.29, 1.82) is 0 Å². The number of hydrogen-bond donors (Lipinski definition) is 1. The predicted octanol–water partition coefficient (Wildman–Crippen LogP) is 3.75.